The molecule has 3 heteroatoms. The first kappa shape index (κ1) is 17.5. The van der Waals surface area contributed by atoms with Gasteiger partial charge in [0.15, 0.2) is 0 Å². The molecule has 3 rings (SSSR count). The van der Waals surface area contributed by atoms with E-state index < -0.39 is 0 Å². The van der Waals surface area contributed by atoms with E-state index in [1.165, 1.54) is 24.0 Å². The molecule has 128 valence electrons. The van der Waals surface area contributed by atoms with E-state index in [0.717, 1.165) is 24.4 Å². The molecule has 0 spiro atoms. The van der Waals surface area contributed by atoms with Crippen LogP contribution in [-0.2, 0) is 12.0 Å². The van der Waals surface area contributed by atoms with Crippen molar-refractivity contribution in [3.63, 3.8) is 0 Å². The summed E-state index contributed by atoms with van der Waals surface area (Å²) in [7, 11) is 2.24. The standard InChI is InChI=1S/C21H27ClN2/c1-24(15-17-6-3-2-4-7-17)20-10-12-21(16-23,13-11-20)18-8-5-9-19(22)14-18/h2-9,14,20H,10-13,15-16,23H2,1H3. The Bertz CT molecular complexity index is 648. The summed E-state index contributed by atoms with van der Waals surface area (Å²) < 4.78 is 0. The van der Waals surface area contributed by atoms with Crippen molar-refractivity contribution in [1.29, 1.82) is 0 Å². The molecular weight excluding hydrogens is 316 g/mol. The molecule has 0 unspecified atom stereocenters. The Morgan fingerprint density at radius 1 is 1.08 bits per heavy atom. The molecule has 1 fully saturated rings. The van der Waals surface area contributed by atoms with Gasteiger partial charge in [-0.3, -0.25) is 4.90 Å². The third-order valence-electron chi connectivity index (χ3n) is 5.64. The second-order valence-electron chi connectivity index (χ2n) is 7.13. The summed E-state index contributed by atoms with van der Waals surface area (Å²) in [5.41, 5.74) is 8.99. The maximum atomic E-state index is 6.21. The van der Waals surface area contributed by atoms with E-state index >= 15 is 0 Å². The molecular formula is C21H27ClN2. The molecule has 0 atom stereocenters. The second kappa shape index (κ2) is 7.69. The molecule has 0 radical (unpaired) electrons. The summed E-state index contributed by atoms with van der Waals surface area (Å²) in [5, 5.41) is 0.809. The van der Waals surface area contributed by atoms with Crippen LogP contribution < -0.4 is 5.73 Å². The van der Waals surface area contributed by atoms with Crippen LogP contribution in [0.2, 0.25) is 5.02 Å². The van der Waals surface area contributed by atoms with Crippen molar-refractivity contribution in [3.05, 3.63) is 70.7 Å². The lowest BCUT2D eigenvalue weighted by Gasteiger charge is -2.42. The predicted octanol–water partition coefficient (Wildman–Crippen LogP) is 4.61. The second-order valence-corrected chi connectivity index (χ2v) is 7.56. The van der Waals surface area contributed by atoms with Crippen LogP contribution in [0.1, 0.15) is 36.8 Å². The number of benzene rings is 2. The minimum absolute atomic E-state index is 0.0922. The highest BCUT2D eigenvalue weighted by molar-refractivity contribution is 6.30. The van der Waals surface area contributed by atoms with Gasteiger partial charge in [-0.1, -0.05) is 54.1 Å². The van der Waals surface area contributed by atoms with Crippen LogP contribution in [0.3, 0.4) is 0 Å². The number of rotatable bonds is 5. The van der Waals surface area contributed by atoms with Gasteiger partial charge in [0, 0.05) is 29.6 Å². The van der Waals surface area contributed by atoms with Crippen LogP contribution in [-0.4, -0.2) is 24.5 Å². The summed E-state index contributed by atoms with van der Waals surface area (Å²) in [4.78, 5) is 2.49. The van der Waals surface area contributed by atoms with E-state index in [9.17, 15) is 0 Å². The van der Waals surface area contributed by atoms with Gasteiger partial charge < -0.3 is 5.73 Å². The van der Waals surface area contributed by atoms with Gasteiger partial charge in [0.25, 0.3) is 0 Å². The van der Waals surface area contributed by atoms with Gasteiger partial charge >= 0.3 is 0 Å². The van der Waals surface area contributed by atoms with Crippen molar-refractivity contribution in [1.82, 2.24) is 4.90 Å². The molecule has 1 saturated carbocycles. The lowest BCUT2D eigenvalue weighted by atomic mass is 9.68. The molecule has 2 aromatic carbocycles. The van der Waals surface area contributed by atoms with Crippen LogP contribution in [0, 0.1) is 0 Å². The summed E-state index contributed by atoms with van der Waals surface area (Å²) >= 11 is 6.20. The summed E-state index contributed by atoms with van der Waals surface area (Å²) in [6.07, 6.45) is 4.64. The largest absolute Gasteiger partial charge is 0.330 e. The first-order valence-electron chi connectivity index (χ1n) is 8.83. The van der Waals surface area contributed by atoms with Crippen LogP contribution in [0.5, 0.6) is 0 Å². The lowest BCUT2D eigenvalue weighted by Crippen LogP contribution is -2.44. The van der Waals surface area contributed by atoms with Crippen molar-refractivity contribution < 1.29 is 0 Å². The predicted molar refractivity (Wildman–Crippen MR) is 102 cm³/mol. The smallest absolute Gasteiger partial charge is 0.0408 e. The van der Waals surface area contributed by atoms with Crippen LogP contribution in [0.4, 0.5) is 0 Å². The molecule has 1 aliphatic rings. The fourth-order valence-electron chi connectivity index (χ4n) is 4.03. The molecule has 0 bridgehead atoms. The van der Waals surface area contributed by atoms with Gasteiger partial charge in [0.1, 0.15) is 0 Å². The zero-order chi connectivity index (χ0) is 17.0. The van der Waals surface area contributed by atoms with Gasteiger partial charge in [-0.25, -0.2) is 0 Å². The number of nitrogens with two attached hydrogens (primary N) is 1. The van der Waals surface area contributed by atoms with Crippen LogP contribution in [0.25, 0.3) is 0 Å². The van der Waals surface area contributed by atoms with Crippen LogP contribution in [0.15, 0.2) is 54.6 Å². The van der Waals surface area contributed by atoms with Crippen molar-refractivity contribution >= 4 is 11.6 Å². The van der Waals surface area contributed by atoms with Gasteiger partial charge in [-0.2, -0.15) is 0 Å². The zero-order valence-electron chi connectivity index (χ0n) is 14.4. The Morgan fingerprint density at radius 2 is 1.79 bits per heavy atom. The van der Waals surface area contributed by atoms with E-state index in [2.05, 4.69) is 54.4 Å². The Labute approximate surface area is 150 Å². The van der Waals surface area contributed by atoms with Crippen molar-refractivity contribution in [3.8, 4) is 0 Å². The number of hydrogen-bond acceptors (Lipinski definition) is 2. The Balaban J connectivity index is 1.65. The lowest BCUT2D eigenvalue weighted by molar-refractivity contribution is 0.144. The fraction of sp³-hybridized carbons (Fsp3) is 0.429. The Kier molecular flexibility index (Phi) is 5.60. The summed E-state index contributed by atoms with van der Waals surface area (Å²) in [6, 6.07) is 19.6. The van der Waals surface area contributed by atoms with Gasteiger partial charge in [0.05, 0.1) is 0 Å². The topological polar surface area (TPSA) is 29.3 Å². The molecule has 1 aliphatic carbocycles. The SMILES string of the molecule is CN(Cc1ccccc1)C1CCC(CN)(c2cccc(Cl)c2)CC1. The normalized spacial score (nSPS) is 24.2. The molecule has 0 aromatic heterocycles. The van der Waals surface area contributed by atoms with E-state index in [0.29, 0.717) is 12.6 Å². The average molecular weight is 343 g/mol. The Hall–Kier alpha value is -1.35. The highest BCUT2D eigenvalue weighted by Crippen LogP contribution is 2.40. The molecule has 0 aliphatic heterocycles. The first-order valence-corrected chi connectivity index (χ1v) is 9.21. The Morgan fingerprint density at radius 3 is 2.42 bits per heavy atom. The fourth-order valence-corrected chi connectivity index (χ4v) is 4.22. The highest BCUT2D eigenvalue weighted by Gasteiger charge is 2.36. The van der Waals surface area contributed by atoms with E-state index in [1.807, 2.05) is 12.1 Å². The molecule has 0 heterocycles. The average Bonchev–Trinajstić information content (AvgIpc) is 2.62. The minimum Gasteiger partial charge on any atom is -0.330 e. The highest BCUT2D eigenvalue weighted by atomic mass is 35.5. The van der Waals surface area contributed by atoms with Crippen molar-refractivity contribution in [2.24, 2.45) is 5.73 Å². The maximum absolute atomic E-state index is 6.21. The summed E-state index contributed by atoms with van der Waals surface area (Å²) in [6.45, 7) is 1.71. The van der Waals surface area contributed by atoms with Gasteiger partial charge in [-0.05, 0) is 56.0 Å². The zero-order valence-corrected chi connectivity index (χ0v) is 15.2. The number of hydrogen-bond donors (Lipinski definition) is 1. The molecule has 2 aromatic rings. The van der Waals surface area contributed by atoms with E-state index in [1.54, 1.807) is 0 Å². The van der Waals surface area contributed by atoms with Crippen LogP contribution >= 0.6 is 11.6 Å². The number of nitrogens with zero attached hydrogens (tertiary/aromatic N) is 1. The molecule has 2 N–H and O–H groups in total. The third-order valence-corrected chi connectivity index (χ3v) is 5.87. The van der Waals surface area contributed by atoms with Gasteiger partial charge in [0.2, 0.25) is 0 Å². The molecule has 24 heavy (non-hydrogen) atoms. The van der Waals surface area contributed by atoms with Gasteiger partial charge in [-0.15, -0.1) is 0 Å². The monoisotopic (exact) mass is 342 g/mol. The van der Waals surface area contributed by atoms with E-state index in [4.69, 9.17) is 17.3 Å². The first-order chi connectivity index (χ1) is 11.6. The number of halogens is 1. The van der Waals surface area contributed by atoms with E-state index in [-0.39, 0.29) is 5.41 Å². The molecule has 0 saturated heterocycles. The molecule has 0 amide bonds. The van der Waals surface area contributed by atoms with Crippen molar-refractivity contribution in [2.75, 3.05) is 13.6 Å². The third kappa shape index (κ3) is 3.83. The minimum atomic E-state index is 0.0922. The maximum Gasteiger partial charge on any atom is 0.0408 e. The summed E-state index contributed by atoms with van der Waals surface area (Å²) in [5.74, 6) is 0. The molecule has 2 nitrogen and oxygen atoms in total. The van der Waals surface area contributed by atoms with Crippen molar-refractivity contribution in [2.45, 2.75) is 43.7 Å². The quantitative estimate of drug-likeness (QED) is 0.859.